The van der Waals surface area contributed by atoms with Gasteiger partial charge in [0.05, 0.1) is 16.3 Å². The van der Waals surface area contributed by atoms with Crippen molar-refractivity contribution < 1.29 is 19.8 Å². The van der Waals surface area contributed by atoms with Crippen molar-refractivity contribution in [1.29, 1.82) is 0 Å². The molecule has 4 atom stereocenters. The number of fused-ring (bicyclic) bond motifs is 2. The highest BCUT2D eigenvalue weighted by Gasteiger charge is 2.58. The van der Waals surface area contributed by atoms with Crippen LogP contribution in [-0.2, 0) is 16.0 Å². The maximum Gasteiger partial charge on any atom is 0.354 e. The zero-order valence-electron chi connectivity index (χ0n) is 13.0. The zero-order valence-corrected chi connectivity index (χ0v) is 14.6. The predicted molar refractivity (Wildman–Crippen MR) is 93.2 cm³/mol. The fourth-order valence-electron chi connectivity index (χ4n) is 3.60. The number of carbonyl (C=O) groups excluding carboxylic acids is 1. The first-order valence-electron chi connectivity index (χ1n) is 7.89. The van der Waals surface area contributed by atoms with Crippen LogP contribution in [0.2, 0.25) is 0 Å². The summed E-state index contributed by atoms with van der Waals surface area (Å²) in [5, 5.41) is 19.3. The largest absolute Gasteiger partial charge is 0.477 e. The number of nitrogens with zero attached hydrogens (tertiary/aromatic N) is 1. The molecule has 3 aliphatic rings. The fourth-order valence-corrected chi connectivity index (χ4v) is 6.94. The quantitative estimate of drug-likeness (QED) is 0.801. The van der Waals surface area contributed by atoms with Gasteiger partial charge in [-0.05, 0) is 30.9 Å². The number of aliphatic hydroxyl groups excluding tert-OH is 1. The minimum atomic E-state index is -1.07. The molecule has 2 heterocycles. The Morgan fingerprint density at radius 2 is 2.17 bits per heavy atom. The van der Waals surface area contributed by atoms with E-state index in [-0.39, 0.29) is 22.2 Å². The van der Waals surface area contributed by atoms with E-state index in [1.165, 1.54) is 27.8 Å². The molecular formula is C17H17NO4S2. The van der Waals surface area contributed by atoms with Gasteiger partial charge in [0.15, 0.2) is 5.70 Å². The lowest BCUT2D eigenvalue weighted by molar-refractivity contribution is -0.156. The number of rotatable bonds is 4. The third kappa shape index (κ3) is 2.29. The molecule has 1 aliphatic carbocycles. The lowest BCUT2D eigenvalue weighted by Gasteiger charge is -2.43. The van der Waals surface area contributed by atoms with Gasteiger partial charge in [-0.15, -0.1) is 11.8 Å². The average Bonchev–Trinajstić information content (AvgIpc) is 3.07. The van der Waals surface area contributed by atoms with Crippen LogP contribution < -0.4 is 0 Å². The summed E-state index contributed by atoms with van der Waals surface area (Å²) < 4.78 is 0.686. The Balaban J connectivity index is 1.62. The summed E-state index contributed by atoms with van der Waals surface area (Å²) >= 11 is 2.95. The smallest absolute Gasteiger partial charge is 0.354 e. The Hall–Kier alpha value is -1.44. The molecular weight excluding hydrogens is 346 g/mol. The highest BCUT2D eigenvalue weighted by molar-refractivity contribution is 8.22. The van der Waals surface area contributed by atoms with Crippen LogP contribution >= 0.6 is 23.5 Å². The van der Waals surface area contributed by atoms with E-state index in [0.29, 0.717) is 4.24 Å². The molecule has 1 fully saturated rings. The number of aliphatic carboxylic acids is 1. The number of amides is 1. The van der Waals surface area contributed by atoms with Crippen molar-refractivity contribution in [2.45, 2.75) is 36.5 Å². The number of aliphatic hydroxyl groups is 1. The van der Waals surface area contributed by atoms with Crippen LogP contribution in [0.25, 0.3) is 0 Å². The van der Waals surface area contributed by atoms with E-state index < -0.39 is 18.0 Å². The molecule has 0 radical (unpaired) electrons. The SMILES string of the molecule is C[C@H](O)[C@@H]1C(=O)N2C(C(=O)O)=C(SC3CCc4ccccc43)S[C@H]12. The summed E-state index contributed by atoms with van der Waals surface area (Å²) in [6.07, 6.45) is 1.20. The van der Waals surface area contributed by atoms with Crippen LogP contribution in [0, 0.1) is 5.92 Å². The summed E-state index contributed by atoms with van der Waals surface area (Å²) in [5.74, 6) is -1.88. The van der Waals surface area contributed by atoms with Gasteiger partial charge in [0.25, 0.3) is 0 Å². The lowest BCUT2D eigenvalue weighted by Crippen LogP contribution is -2.60. The topological polar surface area (TPSA) is 77.8 Å². The molecule has 0 aromatic heterocycles. The van der Waals surface area contributed by atoms with E-state index in [9.17, 15) is 19.8 Å². The minimum Gasteiger partial charge on any atom is -0.477 e. The number of hydrogen-bond acceptors (Lipinski definition) is 5. The van der Waals surface area contributed by atoms with Gasteiger partial charge in [-0.25, -0.2) is 4.79 Å². The fraction of sp³-hybridized carbons (Fsp3) is 0.412. The van der Waals surface area contributed by atoms with E-state index in [1.54, 1.807) is 18.7 Å². The monoisotopic (exact) mass is 363 g/mol. The molecule has 1 aromatic rings. The number of carboxylic acid groups (broad SMARTS) is 1. The molecule has 1 aromatic carbocycles. The van der Waals surface area contributed by atoms with E-state index in [2.05, 4.69) is 12.1 Å². The Bertz CT molecular complexity index is 761. The average molecular weight is 363 g/mol. The maximum absolute atomic E-state index is 12.2. The van der Waals surface area contributed by atoms with Gasteiger partial charge in [0.1, 0.15) is 5.37 Å². The van der Waals surface area contributed by atoms with Crippen molar-refractivity contribution in [3.63, 3.8) is 0 Å². The summed E-state index contributed by atoms with van der Waals surface area (Å²) in [5.41, 5.74) is 2.66. The molecule has 1 saturated heterocycles. The molecule has 0 saturated carbocycles. The van der Waals surface area contributed by atoms with Gasteiger partial charge in [0.2, 0.25) is 5.91 Å². The highest BCUT2D eigenvalue weighted by Crippen LogP contribution is 2.57. The molecule has 126 valence electrons. The van der Waals surface area contributed by atoms with Gasteiger partial charge in [0, 0.05) is 5.25 Å². The number of β-lactam (4-membered cyclic amide) rings is 1. The molecule has 4 rings (SSSR count). The van der Waals surface area contributed by atoms with Gasteiger partial charge in [-0.1, -0.05) is 36.0 Å². The highest BCUT2D eigenvalue weighted by atomic mass is 32.2. The summed E-state index contributed by atoms with van der Waals surface area (Å²) in [6, 6.07) is 8.24. The van der Waals surface area contributed by atoms with E-state index in [1.807, 2.05) is 12.1 Å². The number of aryl methyl sites for hydroxylation is 1. The third-order valence-electron chi connectivity index (χ3n) is 4.80. The van der Waals surface area contributed by atoms with E-state index >= 15 is 0 Å². The number of benzene rings is 1. The standard InChI is InChI=1S/C17H17NO4S2/c1-8(19)12-14(20)18-13(16(21)22)17(24-15(12)18)23-11-7-6-9-4-2-3-5-10(9)11/h2-5,8,11-12,15,19H,6-7H2,1H3,(H,21,22)/t8-,11?,12+,15+/m0/s1. The van der Waals surface area contributed by atoms with E-state index in [4.69, 9.17) is 0 Å². The second-order valence-electron chi connectivity index (χ2n) is 6.27. The maximum atomic E-state index is 12.2. The van der Waals surface area contributed by atoms with Crippen LogP contribution in [-0.4, -0.2) is 38.5 Å². The molecule has 7 heteroatoms. The minimum absolute atomic E-state index is 0.0845. The molecule has 2 aliphatic heterocycles. The number of carbonyl (C=O) groups is 2. The van der Waals surface area contributed by atoms with Crippen molar-refractivity contribution in [2.75, 3.05) is 0 Å². The Morgan fingerprint density at radius 3 is 2.88 bits per heavy atom. The Morgan fingerprint density at radius 1 is 1.42 bits per heavy atom. The Labute approximate surface area is 148 Å². The number of hydrogen-bond donors (Lipinski definition) is 2. The zero-order chi connectivity index (χ0) is 17.0. The van der Waals surface area contributed by atoms with Gasteiger partial charge in [-0.3, -0.25) is 9.69 Å². The van der Waals surface area contributed by atoms with Crippen molar-refractivity contribution in [3.8, 4) is 0 Å². The van der Waals surface area contributed by atoms with Crippen LogP contribution in [0.4, 0.5) is 0 Å². The number of carboxylic acids is 1. The van der Waals surface area contributed by atoms with Crippen molar-refractivity contribution in [3.05, 3.63) is 45.3 Å². The molecule has 24 heavy (non-hydrogen) atoms. The summed E-state index contributed by atoms with van der Waals surface area (Å²) in [6.45, 7) is 1.58. The molecule has 2 N–H and O–H groups in total. The van der Waals surface area contributed by atoms with Gasteiger partial charge >= 0.3 is 5.97 Å². The van der Waals surface area contributed by atoms with Gasteiger partial charge in [-0.2, -0.15) is 0 Å². The first kappa shape index (κ1) is 16.1. The van der Waals surface area contributed by atoms with Gasteiger partial charge < -0.3 is 10.2 Å². The lowest BCUT2D eigenvalue weighted by atomic mass is 9.92. The van der Waals surface area contributed by atoms with Crippen LogP contribution in [0.5, 0.6) is 0 Å². The van der Waals surface area contributed by atoms with Crippen molar-refractivity contribution in [1.82, 2.24) is 4.90 Å². The van der Waals surface area contributed by atoms with E-state index in [0.717, 1.165) is 12.8 Å². The van der Waals surface area contributed by atoms with Crippen molar-refractivity contribution >= 4 is 35.4 Å². The third-order valence-corrected chi connectivity index (χ3v) is 7.71. The Kier molecular flexibility index (Phi) is 3.89. The van der Waals surface area contributed by atoms with Crippen molar-refractivity contribution in [2.24, 2.45) is 5.92 Å². The van der Waals surface area contributed by atoms with Crippen LogP contribution in [0.1, 0.15) is 29.7 Å². The van der Waals surface area contributed by atoms with Crippen LogP contribution in [0.3, 0.4) is 0 Å². The first-order chi connectivity index (χ1) is 11.5. The summed E-state index contributed by atoms with van der Waals surface area (Å²) in [4.78, 5) is 25.3. The molecule has 1 amide bonds. The second kappa shape index (κ2) is 5.82. The first-order valence-corrected chi connectivity index (χ1v) is 9.64. The van der Waals surface area contributed by atoms with Crippen LogP contribution in [0.15, 0.2) is 34.2 Å². The molecule has 0 bridgehead atoms. The normalized spacial score (nSPS) is 29.3. The molecule has 1 unspecified atom stereocenters. The summed E-state index contributed by atoms with van der Waals surface area (Å²) in [7, 11) is 0. The molecule has 0 spiro atoms. The molecule has 5 nitrogen and oxygen atoms in total. The predicted octanol–water partition coefficient (Wildman–Crippen LogP) is 2.57. The number of thioether (sulfide) groups is 2. The second-order valence-corrected chi connectivity index (χ2v) is 8.87.